The van der Waals surface area contributed by atoms with Gasteiger partial charge in [0.25, 0.3) is 0 Å². The zero-order valence-corrected chi connectivity index (χ0v) is 11.4. The number of nitrogens with one attached hydrogen (secondary N) is 2. The van der Waals surface area contributed by atoms with E-state index < -0.39 is 0 Å². The fraction of sp³-hybridized carbons (Fsp3) is 0.583. The lowest BCUT2D eigenvalue weighted by Crippen LogP contribution is -2.33. The average Bonchev–Trinajstić information content (AvgIpc) is 2.95. The van der Waals surface area contributed by atoms with Crippen LogP contribution in [-0.2, 0) is 22.6 Å². The van der Waals surface area contributed by atoms with Gasteiger partial charge in [0.1, 0.15) is 0 Å². The monoisotopic (exact) mass is 280 g/mol. The Bertz CT molecular complexity index is 490. The molecule has 1 aromatic rings. The van der Waals surface area contributed by atoms with Crippen LogP contribution in [0.3, 0.4) is 0 Å². The van der Waals surface area contributed by atoms with E-state index in [2.05, 4.69) is 15.6 Å². The van der Waals surface area contributed by atoms with Gasteiger partial charge in [0, 0.05) is 37.4 Å². The number of hydrogen-bond acceptors (Lipinski definition) is 5. The van der Waals surface area contributed by atoms with Gasteiger partial charge in [-0.1, -0.05) is 0 Å². The molecule has 2 amide bonds. The van der Waals surface area contributed by atoms with Gasteiger partial charge in [-0.25, -0.2) is 4.98 Å². The van der Waals surface area contributed by atoms with Gasteiger partial charge in [-0.3, -0.25) is 9.59 Å². The molecule has 0 aliphatic carbocycles. The van der Waals surface area contributed by atoms with Crippen LogP contribution in [0.5, 0.6) is 0 Å². The maximum absolute atomic E-state index is 11.9. The maximum Gasteiger partial charge on any atom is 0.245 e. The molecule has 102 valence electrons. The minimum atomic E-state index is -0.158. The van der Waals surface area contributed by atoms with Crippen LogP contribution < -0.4 is 10.6 Å². The summed E-state index contributed by atoms with van der Waals surface area (Å²) in [7, 11) is 0. The van der Waals surface area contributed by atoms with Crippen LogP contribution >= 0.6 is 11.3 Å². The average molecular weight is 280 g/mol. The van der Waals surface area contributed by atoms with Gasteiger partial charge >= 0.3 is 0 Å². The minimum absolute atomic E-state index is 0.0674. The van der Waals surface area contributed by atoms with E-state index in [0.717, 1.165) is 31.6 Å². The van der Waals surface area contributed by atoms with Crippen LogP contribution in [0.2, 0.25) is 0 Å². The Hall–Kier alpha value is -1.47. The molecule has 2 N–H and O–H groups in total. The standard InChI is InChI=1S/C12H16N4O2S/c17-10(7-16-5-1-2-11(16)18)15-12-14-8-3-4-13-6-9(8)19-12/h13H,1-7H2,(H,14,15,17). The largest absolute Gasteiger partial charge is 0.333 e. The van der Waals surface area contributed by atoms with Gasteiger partial charge in [0.2, 0.25) is 11.8 Å². The summed E-state index contributed by atoms with van der Waals surface area (Å²) >= 11 is 1.51. The molecular formula is C12H16N4O2S. The Labute approximate surface area is 115 Å². The van der Waals surface area contributed by atoms with Crippen molar-refractivity contribution < 1.29 is 9.59 Å². The van der Waals surface area contributed by atoms with Crippen molar-refractivity contribution >= 4 is 28.3 Å². The minimum Gasteiger partial charge on any atom is -0.333 e. The second kappa shape index (κ2) is 5.26. The topological polar surface area (TPSA) is 74.3 Å². The summed E-state index contributed by atoms with van der Waals surface area (Å²) in [4.78, 5) is 30.5. The van der Waals surface area contributed by atoms with Gasteiger partial charge in [-0.2, -0.15) is 0 Å². The van der Waals surface area contributed by atoms with Gasteiger partial charge in [-0.05, 0) is 6.42 Å². The van der Waals surface area contributed by atoms with Gasteiger partial charge in [-0.15, -0.1) is 11.3 Å². The van der Waals surface area contributed by atoms with Crippen LogP contribution in [-0.4, -0.2) is 41.3 Å². The molecule has 2 aliphatic heterocycles. The van der Waals surface area contributed by atoms with Gasteiger partial charge in [0.05, 0.1) is 12.2 Å². The predicted octanol–water partition coefficient (Wildman–Crippen LogP) is 0.350. The van der Waals surface area contributed by atoms with E-state index >= 15 is 0 Å². The number of hydrogen-bond donors (Lipinski definition) is 2. The molecule has 0 unspecified atom stereocenters. The van der Waals surface area contributed by atoms with Crippen molar-refractivity contribution in [1.82, 2.24) is 15.2 Å². The second-order valence-corrected chi connectivity index (χ2v) is 5.87. The van der Waals surface area contributed by atoms with E-state index in [4.69, 9.17) is 0 Å². The SMILES string of the molecule is O=C(CN1CCCC1=O)Nc1nc2c(s1)CNCC2. The van der Waals surface area contributed by atoms with Gasteiger partial charge in [0.15, 0.2) is 5.13 Å². The van der Waals surface area contributed by atoms with Crippen LogP contribution in [0.25, 0.3) is 0 Å². The lowest BCUT2D eigenvalue weighted by molar-refractivity contribution is -0.131. The molecule has 6 nitrogen and oxygen atoms in total. The summed E-state index contributed by atoms with van der Waals surface area (Å²) in [6.07, 6.45) is 2.32. The van der Waals surface area contributed by atoms with Crippen molar-refractivity contribution in [3.8, 4) is 0 Å². The smallest absolute Gasteiger partial charge is 0.245 e. The lowest BCUT2D eigenvalue weighted by Gasteiger charge is -2.13. The van der Waals surface area contributed by atoms with Crippen molar-refractivity contribution in [1.29, 1.82) is 0 Å². The fourth-order valence-corrected chi connectivity index (χ4v) is 3.38. The van der Waals surface area contributed by atoms with E-state index in [9.17, 15) is 9.59 Å². The number of nitrogens with zero attached hydrogens (tertiary/aromatic N) is 2. The zero-order chi connectivity index (χ0) is 13.2. The van der Waals surface area contributed by atoms with E-state index in [1.165, 1.54) is 16.2 Å². The molecule has 0 saturated carbocycles. The number of aromatic nitrogens is 1. The molecule has 0 aromatic carbocycles. The first-order chi connectivity index (χ1) is 9.22. The first-order valence-electron chi connectivity index (χ1n) is 6.49. The summed E-state index contributed by atoms with van der Waals surface area (Å²) in [5.41, 5.74) is 1.08. The lowest BCUT2D eigenvalue weighted by atomic mass is 10.2. The third kappa shape index (κ3) is 2.76. The molecule has 1 saturated heterocycles. The molecule has 0 bridgehead atoms. The Morgan fingerprint density at radius 2 is 2.37 bits per heavy atom. The number of carbonyl (C=O) groups is 2. The Morgan fingerprint density at radius 1 is 1.47 bits per heavy atom. The number of anilines is 1. The number of thiazole rings is 1. The summed E-state index contributed by atoms with van der Waals surface area (Å²) < 4.78 is 0. The molecule has 3 heterocycles. The highest BCUT2D eigenvalue weighted by Crippen LogP contribution is 2.25. The molecule has 19 heavy (non-hydrogen) atoms. The van der Waals surface area contributed by atoms with Crippen LogP contribution in [0.15, 0.2) is 0 Å². The van der Waals surface area contributed by atoms with Crippen molar-refractivity contribution in [2.24, 2.45) is 0 Å². The molecule has 0 radical (unpaired) electrons. The van der Waals surface area contributed by atoms with E-state index in [-0.39, 0.29) is 18.4 Å². The zero-order valence-electron chi connectivity index (χ0n) is 10.6. The third-order valence-electron chi connectivity index (χ3n) is 3.35. The second-order valence-electron chi connectivity index (χ2n) is 4.78. The van der Waals surface area contributed by atoms with Crippen molar-refractivity contribution in [3.63, 3.8) is 0 Å². The van der Waals surface area contributed by atoms with Crippen LogP contribution in [0.4, 0.5) is 5.13 Å². The number of amides is 2. The van der Waals surface area contributed by atoms with E-state index in [1.54, 1.807) is 4.90 Å². The molecule has 0 atom stereocenters. The molecular weight excluding hydrogens is 264 g/mol. The Morgan fingerprint density at radius 3 is 3.11 bits per heavy atom. The van der Waals surface area contributed by atoms with Crippen LogP contribution in [0.1, 0.15) is 23.4 Å². The first kappa shape index (κ1) is 12.6. The summed E-state index contributed by atoms with van der Waals surface area (Å²) in [5, 5.41) is 6.71. The van der Waals surface area contributed by atoms with E-state index in [1.807, 2.05) is 0 Å². The summed E-state index contributed by atoms with van der Waals surface area (Å²) in [6, 6.07) is 0. The van der Waals surface area contributed by atoms with E-state index in [0.29, 0.717) is 18.1 Å². The molecule has 7 heteroatoms. The molecule has 1 aromatic heterocycles. The highest BCUT2D eigenvalue weighted by molar-refractivity contribution is 7.15. The molecule has 3 rings (SSSR count). The number of rotatable bonds is 3. The third-order valence-corrected chi connectivity index (χ3v) is 4.37. The number of likely N-dealkylation sites (tertiary alicyclic amines) is 1. The van der Waals surface area contributed by atoms with Gasteiger partial charge < -0.3 is 15.5 Å². The Balaban J connectivity index is 1.60. The molecule has 2 aliphatic rings. The highest BCUT2D eigenvalue weighted by atomic mass is 32.1. The van der Waals surface area contributed by atoms with Crippen molar-refractivity contribution in [2.45, 2.75) is 25.8 Å². The maximum atomic E-state index is 11.9. The molecule has 1 fully saturated rings. The number of carbonyl (C=O) groups excluding carboxylic acids is 2. The Kier molecular flexibility index (Phi) is 3.48. The summed E-state index contributed by atoms with van der Waals surface area (Å²) in [5.74, 6) is -0.0907. The van der Waals surface area contributed by atoms with Crippen LogP contribution in [0, 0.1) is 0 Å². The van der Waals surface area contributed by atoms with Crippen molar-refractivity contribution in [3.05, 3.63) is 10.6 Å². The fourth-order valence-electron chi connectivity index (χ4n) is 2.38. The molecule has 0 spiro atoms. The van der Waals surface area contributed by atoms with Crippen molar-refractivity contribution in [2.75, 3.05) is 25.0 Å². The quantitative estimate of drug-likeness (QED) is 0.838. The predicted molar refractivity (Wildman–Crippen MR) is 72.0 cm³/mol. The number of fused-ring (bicyclic) bond motifs is 1. The normalized spacial score (nSPS) is 18.5. The highest BCUT2D eigenvalue weighted by Gasteiger charge is 2.23. The first-order valence-corrected chi connectivity index (χ1v) is 7.31. The summed E-state index contributed by atoms with van der Waals surface area (Å²) in [6.45, 7) is 2.59.